The zero-order chi connectivity index (χ0) is 14.8. The smallest absolute Gasteiger partial charge is 0.138 e. The molecular weight excluding hydrogens is 278 g/mol. The summed E-state index contributed by atoms with van der Waals surface area (Å²) in [5.74, 6) is 0.583. The number of ether oxygens (including phenoxy) is 2. The Morgan fingerprint density at radius 3 is 2.80 bits per heavy atom. The zero-order valence-electron chi connectivity index (χ0n) is 12.2. The number of unbranched alkanes of at least 4 members (excludes halogenated alkanes) is 1. The highest BCUT2D eigenvalue weighted by Crippen LogP contribution is 2.25. The van der Waals surface area contributed by atoms with Crippen molar-refractivity contribution < 1.29 is 14.6 Å². The van der Waals surface area contributed by atoms with E-state index < -0.39 is 6.10 Å². The Labute approximate surface area is 126 Å². The lowest BCUT2D eigenvalue weighted by Gasteiger charge is -2.14. The maximum atomic E-state index is 9.74. The third-order valence-corrected chi connectivity index (χ3v) is 3.06. The quantitative estimate of drug-likeness (QED) is 0.652. The first-order valence-corrected chi connectivity index (χ1v) is 7.36. The van der Waals surface area contributed by atoms with E-state index in [9.17, 15) is 5.11 Å². The van der Waals surface area contributed by atoms with Gasteiger partial charge in [-0.05, 0) is 31.2 Å². The second-order valence-electron chi connectivity index (χ2n) is 4.69. The van der Waals surface area contributed by atoms with Crippen LogP contribution in [0.1, 0.15) is 25.3 Å². The minimum absolute atomic E-state index is 0.178. The minimum atomic E-state index is -0.639. The molecule has 0 radical (unpaired) electrons. The predicted molar refractivity (Wildman–Crippen MR) is 81.4 cm³/mol. The third-order valence-electron chi connectivity index (χ3n) is 2.76. The topological polar surface area (TPSA) is 50.7 Å². The van der Waals surface area contributed by atoms with Crippen LogP contribution in [0.2, 0.25) is 5.02 Å². The van der Waals surface area contributed by atoms with Gasteiger partial charge in [0.2, 0.25) is 0 Å². The number of aliphatic hydroxyl groups is 1. The molecule has 4 nitrogen and oxygen atoms in total. The first-order chi connectivity index (χ1) is 9.67. The average Bonchev–Trinajstić information content (AvgIpc) is 2.43. The van der Waals surface area contributed by atoms with Gasteiger partial charge in [0, 0.05) is 13.2 Å². The van der Waals surface area contributed by atoms with E-state index in [1.165, 1.54) is 0 Å². The molecule has 2 N–H and O–H groups in total. The first kappa shape index (κ1) is 17.2. The molecule has 0 heterocycles. The molecule has 0 bridgehead atoms. The van der Waals surface area contributed by atoms with Gasteiger partial charge in [0.25, 0.3) is 0 Å². The summed E-state index contributed by atoms with van der Waals surface area (Å²) >= 11 is 6.13. The summed E-state index contributed by atoms with van der Waals surface area (Å²) in [5.41, 5.74) is 1.09. The molecule has 20 heavy (non-hydrogen) atoms. The highest BCUT2D eigenvalue weighted by Gasteiger charge is 2.08. The first-order valence-electron chi connectivity index (χ1n) is 6.99. The van der Waals surface area contributed by atoms with Crippen molar-refractivity contribution in [2.75, 3.05) is 26.9 Å². The molecule has 0 saturated carbocycles. The van der Waals surface area contributed by atoms with Crippen molar-refractivity contribution in [2.24, 2.45) is 0 Å². The number of halogens is 1. The highest BCUT2D eigenvalue weighted by atomic mass is 35.5. The molecule has 1 aromatic rings. The molecule has 114 valence electrons. The molecule has 1 unspecified atom stereocenters. The molecule has 1 atom stereocenters. The van der Waals surface area contributed by atoms with Gasteiger partial charge in [-0.15, -0.1) is 0 Å². The summed E-state index contributed by atoms with van der Waals surface area (Å²) in [6, 6.07) is 5.62. The molecule has 0 aliphatic heterocycles. The predicted octanol–water partition coefficient (Wildman–Crippen LogP) is 2.62. The van der Waals surface area contributed by atoms with Crippen molar-refractivity contribution in [1.82, 2.24) is 5.32 Å². The number of benzene rings is 1. The maximum Gasteiger partial charge on any atom is 0.138 e. The summed E-state index contributed by atoms with van der Waals surface area (Å²) in [5, 5.41) is 13.3. The van der Waals surface area contributed by atoms with Crippen molar-refractivity contribution in [3.05, 3.63) is 28.8 Å². The van der Waals surface area contributed by atoms with Gasteiger partial charge in [-0.2, -0.15) is 0 Å². The van der Waals surface area contributed by atoms with Crippen LogP contribution < -0.4 is 10.1 Å². The lowest BCUT2D eigenvalue weighted by atomic mass is 10.2. The normalized spacial score (nSPS) is 12.4. The van der Waals surface area contributed by atoms with E-state index >= 15 is 0 Å². The molecule has 0 aliphatic rings. The van der Waals surface area contributed by atoms with Gasteiger partial charge in [-0.3, -0.25) is 0 Å². The van der Waals surface area contributed by atoms with Crippen LogP contribution in [0.25, 0.3) is 0 Å². The van der Waals surface area contributed by atoms with Gasteiger partial charge in [0.1, 0.15) is 18.5 Å². The van der Waals surface area contributed by atoms with Crippen molar-refractivity contribution >= 4 is 11.6 Å². The van der Waals surface area contributed by atoms with Crippen molar-refractivity contribution in [3.63, 3.8) is 0 Å². The minimum Gasteiger partial charge on any atom is -0.489 e. The van der Waals surface area contributed by atoms with Gasteiger partial charge in [0.05, 0.1) is 11.6 Å². The van der Waals surface area contributed by atoms with Crippen LogP contribution in [0.3, 0.4) is 0 Å². The largest absolute Gasteiger partial charge is 0.489 e. The third kappa shape index (κ3) is 6.57. The Balaban J connectivity index is 2.33. The molecule has 0 spiro atoms. The molecule has 1 rings (SSSR count). The van der Waals surface area contributed by atoms with Crippen LogP contribution in [0, 0.1) is 0 Å². The average molecular weight is 302 g/mol. The van der Waals surface area contributed by atoms with E-state index in [0.717, 1.165) is 24.9 Å². The van der Waals surface area contributed by atoms with Gasteiger partial charge >= 0.3 is 0 Å². The fourth-order valence-corrected chi connectivity index (χ4v) is 1.93. The van der Waals surface area contributed by atoms with Crippen molar-refractivity contribution in [2.45, 2.75) is 32.4 Å². The Kier molecular flexibility index (Phi) is 8.62. The molecule has 1 aromatic carbocycles. The van der Waals surface area contributed by atoms with Crippen LogP contribution >= 0.6 is 11.6 Å². The zero-order valence-corrected chi connectivity index (χ0v) is 12.9. The van der Waals surface area contributed by atoms with E-state index in [2.05, 4.69) is 12.2 Å². The second-order valence-corrected chi connectivity index (χ2v) is 5.10. The monoisotopic (exact) mass is 301 g/mol. The molecule has 0 amide bonds. The van der Waals surface area contributed by atoms with Gasteiger partial charge in [0.15, 0.2) is 0 Å². The number of hydrogen-bond donors (Lipinski definition) is 2. The fourth-order valence-electron chi connectivity index (χ4n) is 1.68. The highest BCUT2D eigenvalue weighted by molar-refractivity contribution is 6.32. The second kappa shape index (κ2) is 10.00. The van der Waals surface area contributed by atoms with Gasteiger partial charge in [-0.25, -0.2) is 0 Å². The summed E-state index contributed by atoms with van der Waals surface area (Å²) in [4.78, 5) is 0. The Bertz CT molecular complexity index is 387. The number of hydrogen-bond acceptors (Lipinski definition) is 4. The van der Waals surface area contributed by atoms with Crippen LogP contribution in [0.5, 0.6) is 5.75 Å². The summed E-state index contributed by atoms with van der Waals surface area (Å²) in [6.07, 6.45) is 1.45. The van der Waals surface area contributed by atoms with Crippen LogP contribution in [0.15, 0.2) is 18.2 Å². The Morgan fingerprint density at radius 1 is 1.35 bits per heavy atom. The van der Waals surface area contributed by atoms with E-state index in [0.29, 0.717) is 17.4 Å². The van der Waals surface area contributed by atoms with E-state index in [1.54, 1.807) is 0 Å². The van der Waals surface area contributed by atoms with E-state index in [-0.39, 0.29) is 13.2 Å². The lowest BCUT2D eigenvalue weighted by molar-refractivity contribution is 0.0113. The van der Waals surface area contributed by atoms with Crippen molar-refractivity contribution in [3.8, 4) is 5.75 Å². The Morgan fingerprint density at radius 2 is 2.15 bits per heavy atom. The summed E-state index contributed by atoms with van der Waals surface area (Å²) < 4.78 is 10.8. The molecule has 0 saturated heterocycles. The molecular formula is C15H24ClNO3. The van der Waals surface area contributed by atoms with Crippen molar-refractivity contribution in [1.29, 1.82) is 0 Å². The lowest BCUT2D eigenvalue weighted by Crippen LogP contribution is -2.23. The van der Waals surface area contributed by atoms with Crippen LogP contribution in [0.4, 0.5) is 0 Å². The van der Waals surface area contributed by atoms with E-state index in [1.807, 2.05) is 25.2 Å². The number of rotatable bonds is 10. The van der Waals surface area contributed by atoms with Crippen LogP contribution in [-0.2, 0) is 11.3 Å². The molecule has 0 fully saturated rings. The van der Waals surface area contributed by atoms with Crippen LogP contribution in [-0.4, -0.2) is 38.1 Å². The molecule has 5 heteroatoms. The fraction of sp³-hybridized carbons (Fsp3) is 0.600. The van der Waals surface area contributed by atoms with Gasteiger partial charge < -0.3 is 19.9 Å². The summed E-state index contributed by atoms with van der Waals surface area (Å²) in [6.45, 7) is 4.00. The number of nitrogens with one attached hydrogen (secondary N) is 1. The Hall–Kier alpha value is -0.810. The molecule has 0 aliphatic carbocycles. The standard InChI is InChI=1S/C15H24ClNO3/c1-3-4-7-19-10-13(18)11-20-15-6-5-12(9-17-2)8-14(15)16/h5-6,8,13,17-18H,3-4,7,9-11H2,1-2H3. The van der Waals surface area contributed by atoms with E-state index in [4.69, 9.17) is 21.1 Å². The summed E-state index contributed by atoms with van der Waals surface area (Å²) in [7, 11) is 1.88. The maximum absolute atomic E-state index is 9.74. The SMILES string of the molecule is CCCCOCC(O)COc1ccc(CNC)cc1Cl. The number of aliphatic hydroxyl groups excluding tert-OH is 1. The molecule has 0 aromatic heterocycles. The van der Waals surface area contributed by atoms with Gasteiger partial charge in [-0.1, -0.05) is 31.0 Å².